The van der Waals surface area contributed by atoms with Gasteiger partial charge in [0, 0.05) is 45.3 Å². The summed E-state index contributed by atoms with van der Waals surface area (Å²) in [7, 11) is 1.82. The summed E-state index contributed by atoms with van der Waals surface area (Å²) in [6.07, 6.45) is 7.65. The van der Waals surface area contributed by atoms with Crippen LogP contribution in [0.3, 0.4) is 0 Å². The van der Waals surface area contributed by atoms with Crippen molar-refractivity contribution in [3.63, 3.8) is 0 Å². The molecule has 1 heterocycles. The molecule has 1 atom stereocenters. The summed E-state index contributed by atoms with van der Waals surface area (Å²) in [5.74, 6) is -0.777. The predicted octanol–water partition coefficient (Wildman–Crippen LogP) is 0.377. The monoisotopic (exact) mass is 409 g/mol. The zero-order chi connectivity index (χ0) is 21.6. The summed E-state index contributed by atoms with van der Waals surface area (Å²) in [5, 5.41) is 20.9. The van der Waals surface area contributed by atoms with E-state index in [1.54, 1.807) is 4.90 Å². The Morgan fingerprint density at radius 2 is 1.83 bits per heavy atom. The fraction of sp³-hybridized carbons (Fsp3) is 0.700. The van der Waals surface area contributed by atoms with Crippen molar-refractivity contribution in [3.05, 3.63) is 12.2 Å². The van der Waals surface area contributed by atoms with Crippen molar-refractivity contribution in [2.24, 2.45) is 5.73 Å². The Hall–Kier alpha value is -2.26. The van der Waals surface area contributed by atoms with Gasteiger partial charge in [-0.25, -0.2) is 0 Å². The number of aliphatic hydroxyl groups is 1. The van der Waals surface area contributed by atoms with Gasteiger partial charge in [-0.2, -0.15) is 0 Å². The maximum Gasteiger partial charge on any atom is 0.253 e. The smallest absolute Gasteiger partial charge is 0.253 e. The number of nitrogens with zero attached hydrogens (tertiary/aromatic N) is 2. The topological polar surface area (TPSA) is 140 Å². The molecule has 0 saturated heterocycles. The van der Waals surface area contributed by atoms with E-state index in [9.17, 15) is 19.5 Å². The largest absolute Gasteiger partial charge is 0.385 e. The Morgan fingerprint density at radius 3 is 2.48 bits per heavy atom. The van der Waals surface area contributed by atoms with E-state index in [4.69, 9.17) is 11.1 Å². The van der Waals surface area contributed by atoms with Gasteiger partial charge in [0.15, 0.2) is 0 Å². The number of amides is 3. The van der Waals surface area contributed by atoms with Gasteiger partial charge in [0.2, 0.25) is 5.91 Å². The summed E-state index contributed by atoms with van der Waals surface area (Å²) < 4.78 is 0. The predicted molar refractivity (Wildman–Crippen MR) is 111 cm³/mol. The van der Waals surface area contributed by atoms with Crippen LogP contribution in [0.15, 0.2) is 12.2 Å². The van der Waals surface area contributed by atoms with Crippen molar-refractivity contribution in [1.29, 1.82) is 5.41 Å². The van der Waals surface area contributed by atoms with Crippen LogP contribution < -0.4 is 11.1 Å². The molecule has 0 aromatic rings. The number of amidine groups is 1. The Balaban J connectivity index is 2.07. The molecule has 0 spiro atoms. The van der Waals surface area contributed by atoms with E-state index in [1.165, 1.54) is 12.2 Å². The number of rotatable bonds is 15. The molecule has 0 fully saturated rings. The third-order valence-electron chi connectivity index (χ3n) is 4.86. The normalized spacial score (nSPS) is 14.4. The average molecular weight is 410 g/mol. The van der Waals surface area contributed by atoms with Gasteiger partial charge in [-0.1, -0.05) is 12.8 Å². The molecule has 0 aromatic heterocycles. The lowest BCUT2D eigenvalue weighted by Crippen LogP contribution is -2.36. The van der Waals surface area contributed by atoms with Crippen molar-refractivity contribution in [2.75, 3.05) is 33.2 Å². The lowest BCUT2D eigenvalue weighted by molar-refractivity contribution is -0.137. The van der Waals surface area contributed by atoms with Crippen molar-refractivity contribution in [1.82, 2.24) is 15.1 Å². The summed E-state index contributed by atoms with van der Waals surface area (Å²) in [6, 6.07) is 0. The second-order valence-corrected chi connectivity index (χ2v) is 7.28. The number of aliphatic hydroxyl groups excluding tert-OH is 1. The van der Waals surface area contributed by atoms with Crippen molar-refractivity contribution in [3.8, 4) is 0 Å². The summed E-state index contributed by atoms with van der Waals surface area (Å²) in [4.78, 5) is 37.4. The Morgan fingerprint density at radius 1 is 1.17 bits per heavy atom. The number of hydrogen-bond donors (Lipinski definition) is 4. The fourth-order valence-electron chi connectivity index (χ4n) is 3.00. The van der Waals surface area contributed by atoms with Crippen LogP contribution in [-0.4, -0.2) is 77.8 Å². The van der Waals surface area contributed by atoms with Crippen LogP contribution in [0.25, 0.3) is 0 Å². The molecular weight excluding hydrogens is 374 g/mol. The average Bonchev–Trinajstić information content (AvgIpc) is 3.02. The molecule has 0 bridgehead atoms. The minimum Gasteiger partial charge on any atom is -0.385 e. The Bertz CT molecular complexity index is 575. The molecule has 0 radical (unpaired) electrons. The van der Waals surface area contributed by atoms with Gasteiger partial charge >= 0.3 is 0 Å². The first-order chi connectivity index (χ1) is 13.9. The molecule has 164 valence electrons. The fourth-order valence-corrected chi connectivity index (χ4v) is 3.00. The SMILES string of the molecule is CN(CCCCCCN)C(=N)C(O)CCCCNC(=O)CCN1C(=O)C=CC1=O. The second kappa shape index (κ2) is 13.8. The maximum atomic E-state index is 11.8. The minimum absolute atomic E-state index is 0.0719. The molecule has 9 nitrogen and oxygen atoms in total. The van der Waals surface area contributed by atoms with Gasteiger partial charge in [-0.05, 0) is 38.6 Å². The molecule has 9 heteroatoms. The van der Waals surface area contributed by atoms with Crippen LogP contribution in [0.2, 0.25) is 0 Å². The molecule has 0 saturated carbocycles. The first kappa shape index (κ1) is 24.8. The summed E-state index contributed by atoms with van der Waals surface area (Å²) >= 11 is 0. The quantitative estimate of drug-likeness (QED) is 0.133. The van der Waals surface area contributed by atoms with Crippen LogP contribution in [-0.2, 0) is 14.4 Å². The zero-order valence-electron chi connectivity index (χ0n) is 17.4. The second-order valence-electron chi connectivity index (χ2n) is 7.28. The lowest BCUT2D eigenvalue weighted by atomic mass is 10.1. The van der Waals surface area contributed by atoms with Crippen molar-refractivity contribution in [2.45, 2.75) is 57.5 Å². The summed E-state index contributed by atoms with van der Waals surface area (Å²) in [5.41, 5.74) is 5.46. The number of nitrogens with one attached hydrogen (secondary N) is 2. The van der Waals surface area contributed by atoms with E-state index in [0.717, 1.165) is 37.1 Å². The van der Waals surface area contributed by atoms with Gasteiger partial charge in [0.05, 0.1) is 0 Å². The van der Waals surface area contributed by atoms with E-state index in [1.807, 2.05) is 7.05 Å². The Labute approximate surface area is 172 Å². The Kier molecular flexibility index (Phi) is 11.8. The molecule has 1 aliphatic heterocycles. The minimum atomic E-state index is -0.806. The molecule has 1 rings (SSSR count). The lowest BCUT2D eigenvalue weighted by Gasteiger charge is -2.23. The first-order valence-electron chi connectivity index (χ1n) is 10.3. The number of unbranched alkanes of at least 4 members (excludes halogenated alkanes) is 4. The molecule has 5 N–H and O–H groups in total. The third kappa shape index (κ3) is 9.67. The number of carbonyl (C=O) groups excluding carboxylic acids is 3. The molecular formula is C20H35N5O4. The number of nitrogens with two attached hydrogens (primary N) is 1. The molecule has 1 unspecified atom stereocenters. The highest BCUT2D eigenvalue weighted by atomic mass is 16.3. The van der Waals surface area contributed by atoms with Gasteiger partial charge in [-0.15, -0.1) is 0 Å². The van der Waals surface area contributed by atoms with E-state index < -0.39 is 6.10 Å². The standard InChI is InChI=1S/C20H35N5O4/c1-24(14-7-3-2-5-12-21)20(22)16(26)8-4-6-13-23-17(27)11-15-25-18(28)9-10-19(25)29/h9-10,16,22,26H,2-8,11-15,21H2,1H3,(H,23,27). The van der Waals surface area contributed by atoms with Gasteiger partial charge in [0.25, 0.3) is 11.8 Å². The van der Waals surface area contributed by atoms with Crippen LogP contribution in [0.4, 0.5) is 0 Å². The molecule has 29 heavy (non-hydrogen) atoms. The van der Waals surface area contributed by atoms with Gasteiger partial charge in [-0.3, -0.25) is 24.7 Å². The highest BCUT2D eigenvalue weighted by Crippen LogP contribution is 2.07. The number of carbonyl (C=O) groups is 3. The molecule has 0 aromatic carbocycles. The van der Waals surface area contributed by atoms with Gasteiger partial charge < -0.3 is 21.1 Å². The third-order valence-corrected chi connectivity index (χ3v) is 4.86. The van der Waals surface area contributed by atoms with Crippen LogP contribution >= 0.6 is 0 Å². The van der Waals surface area contributed by atoms with Crippen LogP contribution in [0.5, 0.6) is 0 Å². The van der Waals surface area contributed by atoms with Crippen molar-refractivity contribution < 1.29 is 19.5 Å². The number of imide groups is 1. The number of hydrogen-bond acceptors (Lipinski definition) is 6. The molecule has 1 aliphatic rings. The molecule has 0 aliphatic carbocycles. The zero-order valence-corrected chi connectivity index (χ0v) is 17.4. The highest BCUT2D eigenvalue weighted by molar-refractivity contribution is 6.13. The first-order valence-corrected chi connectivity index (χ1v) is 10.3. The van der Waals surface area contributed by atoms with Crippen LogP contribution in [0, 0.1) is 5.41 Å². The summed E-state index contributed by atoms with van der Waals surface area (Å²) in [6.45, 7) is 1.98. The van der Waals surface area contributed by atoms with E-state index >= 15 is 0 Å². The van der Waals surface area contributed by atoms with E-state index in [-0.39, 0.29) is 36.5 Å². The maximum absolute atomic E-state index is 11.8. The van der Waals surface area contributed by atoms with E-state index in [2.05, 4.69) is 5.32 Å². The highest BCUT2D eigenvalue weighted by Gasteiger charge is 2.23. The number of likely N-dealkylation sites (N-methyl/N-ethyl adjacent to an activating group) is 1. The van der Waals surface area contributed by atoms with Crippen molar-refractivity contribution >= 4 is 23.6 Å². The molecule has 3 amide bonds. The van der Waals surface area contributed by atoms with Crippen LogP contribution in [0.1, 0.15) is 51.4 Å². The van der Waals surface area contributed by atoms with Gasteiger partial charge in [0.1, 0.15) is 11.9 Å². The van der Waals surface area contributed by atoms with E-state index in [0.29, 0.717) is 32.4 Å².